The number of aliphatic carboxylic acids is 1. The molecular weight excluding hydrogens is 567 g/mol. The molecule has 0 fully saturated rings. The number of hydrogen-bond donors (Lipinski definition) is 2. The summed E-state index contributed by atoms with van der Waals surface area (Å²) in [6.45, 7) is 9.70. The molecule has 2 N–H and O–H groups in total. The van der Waals surface area contributed by atoms with Gasteiger partial charge in [0.1, 0.15) is 11.8 Å². The fraction of sp³-hybridized carbons (Fsp3) is 0.412. The third kappa shape index (κ3) is 10.7. The molecule has 1 aliphatic rings. The summed E-state index contributed by atoms with van der Waals surface area (Å²) in [4.78, 5) is 24.9. The molecule has 0 bridgehead atoms. The summed E-state index contributed by atoms with van der Waals surface area (Å²) in [6, 6.07) is 18.7. The Morgan fingerprint density at radius 1 is 0.976 bits per heavy atom. The van der Waals surface area contributed by atoms with Crippen LogP contribution in [0.2, 0.25) is 0 Å². The Kier molecular flexibility index (Phi) is 16.2. The van der Waals surface area contributed by atoms with E-state index < -0.39 is 17.9 Å². The number of thioether (sulfide) groups is 2. The lowest BCUT2D eigenvalue weighted by Gasteiger charge is -2.18. The van der Waals surface area contributed by atoms with E-state index in [9.17, 15) is 14.7 Å². The number of amides is 1. The lowest BCUT2D eigenvalue weighted by Crippen LogP contribution is -2.41. The molecule has 0 radical (unpaired) electrons. The zero-order valence-corrected chi connectivity index (χ0v) is 27.3. The van der Waals surface area contributed by atoms with Crippen molar-refractivity contribution in [1.29, 1.82) is 0 Å². The molecule has 6 nitrogen and oxygen atoms in total. The van der Waals surface area contributed by atoms with E-state index in [1.165, 1.54) is 11.3 Å². The first-order valence-corrected chi connectivity index (χ1v) is 17.2. The molecule has 42 heavy (non-hydrogen) atoms. The van der Waals surface area contributed by atoms with E-state index in [0.29, 0.717) is 31.0 Å². The van der Waals surface area contributed by atoms with E-state index in [1.54, 1.807) is 17.8 Å². The summed E-state index contributed by atoms with van der Waals surface area (Å²) in [7, 11) is 0. The minimum atomic E-state index is -1.03. The first kappa shape index (κ1) is 35.3. The molecule has 3 aromatic rings. The highest BCUT2D eigenvalue weighted by atomic mass is 32.2. The van der Waals surface area contributed by atoms with Crippen molar-refractivity contribution in [3.05, 3.63) is 88.5 Å². The molecule has 1 unspecified atom stereocenters. The molecule has 4 rings (SSSR count). The molecule has 228 valence electrons. The molecule has 0 spiro atoms. The van der Waals surface area contributed by atoms with E-state index in [2.05, 4.69) is 30.6 Å². The predicted octanol–water partition coefficient (Wildman–Crippen LogP) is 7.65. The van der Waals surface area contributed by atoms with Crippen molar-refractivity contribution in [2.24, 2.45) is 0 Å². The SMILES string of the molecule is CC.CCSC.CSCCC(NC(=O)c1ccc(COCc2ccc3c(c2)OCC3)cc1-c1ccccc1C)C(=O)O. The summed E-state index contributed by atoms with van der Waals surface area (Å²) in [6.07, 6.45) is 5.32. The maximum absolute atomic E-state index is 13.2. The topological polar surface area (TPSA) is 84.9 Å². The maximum Gasteiger partial charge on any atom is 0.326 e. The number of fused-ring (bicyclic) bond motifs is 1. The Labute approximate surface area is 260 Å². The Morgan fingerprint density at radius 3 is 2.29 bits per heavy atom. The van der Waals surface area contributed by atoms with E-state index in [1.807, 2.05) is 81.3 Å². The largest absolute Gasteiger partial charge is 0.493 e. The van der Waals surface area contributed by atoms with E-state index in [0.717, 1.165) is 46.6 Å². The Balaban J connectivity index is 0.000000947. The van der Waals surface area contributed by atoms with Crippen LogP contribution in [0.15, 0.2) is 60.7 Å². The van der Waals surface area contributed by atoms with Crippen LogP contribution >= 0.6 is 23.5 Å². The van der Waals surface area contributed by atoms with E-state index in [4.69, 9.17) is 9.47 Å². The minimum Gasteiger partial charge on any atom is -0.493 e. The van der Waals surface area contributed by atoms with Gasteiger partial charge in [0.25, 0.3) is 5.91 Å². The van der Waals surface area contributed by atoms with Crippen LogP contribution in [-0.4, -0.2) is 53.6 Å². The van der Waals surface area contributed by atoms with Crippen LogP contribution in [0.3, 0.4) is 0 Å². The van der Waals surface area contributed by atoms with Crippen molar-refractivity contribution >= 4 is 35.4 Å². The highest BCUT2D eigenvalue weighted by molar-refractivity contribution is 7.98. The van der Waals surface area contributed by atoms with Crippen molar-refractivity contribution < 1.29 is 24.2 Å². The average molecular weight is 612 g/mol. The second kappa shape index (κ2) is 19.3. The molecule has 1 aliphatic heterocycles. The first-order valence-electron chi connectivity index (χ1n) is 14.4. The van der Waals surface area contributed by atoms with Crippen molar-refractivity contribution in [3.8, 4) is 16.9 Å². The molecule has 1 atom stereocenters. The molecule has 0 aliphatic carbocycles. The standard InChI is InChI=1S/C29H31NO5S.C3H8S.C2H6/c1-19-5-3-4-6-23(19)25-15-20(17-34-18-21-7-9-22-11-13-35-27(22)16-21)8-10-24(25)28(31)30-26(29(32)33)12-14-36-2;1-3-4-2;1-2/h3-10,15-16,26H,11-14,17-18H2,1-2H3,(H,30,31)(H,32,33);3H2,1-2H3;1-2H3. The van der Waals surface area contributed by atoms with Gasteiger partial charge < -0.3 is 19.9 Å². The lowest BCUT2D eigenvalue weighted by atomic mass is 9.93. The van der Waals surface area contributed by atoms with Crippen LogP contribution in [0.1, 0.15) is 59.8 Å². The minimum absolute atomic E-state index is 0.363. The molecular formula is C34H45NO5S2. The molecule has 8 heteroatoms. The number of carbonyl (C=O) groups is 2. The number of aryl methyl sites for hydroxylation is 1. The zero-order chi connectivity index (χ0) is 30.9. The third-order valence-electron chi connectivity index (χ3n) is 6.56. The van der Waals surface area contributed by atoms with Gasteiger partial charge >= 0.3 is 5.97 Å². The van der Waals surface area contributed by atoms with Gasteiger partial charge in [0, 0.05) is 12.0 Å². The van der Waals surface area contributed by atoms with Crippen molar-refractivity contribution in [1.82, 2.24) is 5.32 Å². The van der Waals surface area contributed by atoms with E-state index >= 15 is 0 Å². The Morgan fingerprint density at radius 2 is 1.64 bits per heavy atom. The number of nitrogens with one attached hydrogen (secondary N) is 1. The van der Waals surface area contributed by atoms with Crippen LogP contribution in [0.4, 0.5) is 0 Å². The number of hydrogen-bond acceptors (Lipinski definition) is 6. The number of carbonyl (C=O) groups excluding carboxylic acids is 1. The predicted molar refractivity (Wildman–Crippen MR) is 178 cm³/mol. The monoisotopic (exact) mass is 611 g/mol. The zero-order valence-electron chi connectivity index (χ0n) is 25.7. The third-order valence-corrected chi connectivity index (χ3v) is 7.79. The van der Waals surface area contributed by atoms with Gasteiger partial charge in [0.2, 0.25) is 0 Å². The number of carboxylic acid groups (broad SMARTS) is 1. The van der Waals surface area contributed by atoms with Crippen LogP contribution in [-0.2, 0) is 29.2 Å². The number of rotatable bonds is 12. The van der Waals surface area contributed by atoms with Crippen LogP contribution < -0.4 is 10.1 Å². The quantitative estimate of drug-likeness (QED) is 0.218. The van der Waals surface area contributed by atoms with Gasteiger partial charge in [-0.1, -0.05) is 63.2 Å². The lowest BCUT2D eigenvalue weighted by molar-refractivity contribution is -0.139. The number of carboxylic acids is 1. The smallest absolute Gasteiger partial charge is 0.326 e. The second-order valence-electron chi connectivity index (χ2n) is 9.45. The normalized spacial score (nSPS) is 12.0. The maximum atomic E-state index is 13.2. The summed E-state index contributed by atoms with van der Waals surface area (Å²) >= 11 is 3.41. The Bertz CT molecular complexity index is 1280. The number of benzene rings is 3. The molecule has 1 amide bonds. The van der Waals surface area contributed by atoms with Crippen molar-refractivity contribution in [2.75, 3.05) is 30.6 Å². The Hall–Kier alpha value is -2.94. The fourth-order valence-corrected chi connectivity index (χ4v) is 4.76. The highest BCUT2D eigenvalue weighted by Gasteiger charge is 2.23. The average Bonchev–Trinajstić information content (AvgIpc) is 3.48. The van der Waals surface area contributed by atoms with Gasteiger partial charge in [-0.25, -0.2) is 4.79 Å². The summed E-state index contributed by atoms with van der Waals surface area (Å²) in [5.41, 5.74) is 6.37. The second-order valence-corrected chi connectivity index (χ2v) is 11.6. The number of ether oxygens (including phenoxy) is 2. The summed E-state index contributed by atoms with van der Waals surface area (Å²) in [5.74, 6) is 1.39. The van der Waals surface area contributed by atoms with Gasteiger partial charge in [-0.3, -0.25) is 4.79 Å². The first-order chi connectivity index (χ1) is 20.4. The van der Waals surface area contributed by atoms with Gasteiger partial charge in [0.05, 0.1) is 19.8 Å². The van der Waals surface area contributed by atoms with Crippen molar-refractivity contribution in [3.63, 3.8) is 0 Å². The summed E-state index contributed by atoms with van der Waals surface area (Å²) in [5, 5.41) is 12.3. The van der Waals surface area contributed by atoms with Gasteiger partial charge in [-0.05, 0) is 88.9 Å². The molecule has 3 aromatic carbocycles. The molecule has 0 aromatic heterocycles. The van der Waals surface area contributed by atoms with Crippen LogP contribution in [0.25, 0.3) is 11.1 Å². The molecule has 0 saturated heterocycles. The summed E-state index contributed by atoms with van der Waals surface area (Å²) < 4.78 is 11.6. The van der Waals surface area contributed by atoms with Crippen LogP contribution in [0.5, 0.6) is 5.75 Å². The van der Waals surface area contributed by atoms with Gasteiger partial charge in [-0.15, -0.1) is 0 Å². The fourth-order valence-electron chi connectivity index (χ4n) is 4.29. The highest BCUT2D eigenvalue weighted by Crippen LogP contribution is 2.29. The van der Waals surface area contributed by atoms with Crippen molar-refractivity contribution in [2.45, 2.75) is 59.8 Å². The van der Waals surface area contributed by atoms with Crippen LogP contribution in [0, 0.1) is 6.92 Å². The molecule has 1 heterocycles. The van der Waals surface area contributed by atoms with Gasteiger partial charge in [0.15, 0.2) is 0 Å². The van der Waals surface area contributed by atoms with Gasteiger partial charge in [-0.2, -0.15) is 23.5 Å². The van der Waals surface area contributed by atoms with E-state index in [-0.39, 0.29) is 0 Å². The molecule has 0 saturated carbocycles.